The molecule has 0 aliphatic heterocycles. The SMILES string of the molecule is CCOC(=O)c1sc(NC(=O)CSc2nnc(COc3ccc(Cl)cc3C)o2)c(C#N)c1C. The first kappa shape index (κ1) is 24.6. The van der Waals surface area contributed by atoms with Crippen molar-refractivity contribution < 1.29 is 23.5 Å². The maximum atomic E-state index is 12.4. The number of nitrogens with one attached hydrogen (secondary N) is 1. The van der Waals surface area contributed by atoms with Crippen LogP contribution < -0.4 is 10.1 Å². The van der Waals surface area contributed by atoms with E-state index in [0.29, 0.717) is 21.3 Å². The summed E-state index contributed by atoms with van der Waals surface area (Å²) >= 11 is 7.98. The van der Waals surface area contributed by atoms with Gasteiger partial charge in [-0.15, -0.1) is 21.5 Å². The molecule has 3 rings (SSSR count). The first-order valence-electron chi connectivity index (χ1n) is 9.67. The molecule has 0 saturated carbocycles. The zero-order chi connectivity index (χ0) is 24.0. The normalized spacial score (nSPS) is 10.5. The molecule has 0 unspecified atom stereocenters. The molecule has 1 N–H and O–H groups in total. The van der Waals surface area contributed by atoms with Crippen LogP contribution >= 0.6 is 34.7 Å². The summed E-state index contributed by atoms with van der Waals surface area (Å²) in [6.07, 6.45) is 0. The molecule has 0 saturated heterocycles. The largest absolute Gasteiger partial charge is 0.484 e. The van der Waals surface area contributed by atoms with Gasteiger partial charge >= 0.3 is 5.97 Å². The highest BCUT2D eigenvalue weighted by molar-refractivity contribution is 7.99. The van der Waals surface area contributed by atoms with Crippen LogP contribution in [0.5, 0.6) is 5.75 Å². The van der Waals surface area contributed by atoms with Crippen LogP contribution in [0.2, 0.25) is 5.02 Å². The number of aromatic nitrogens is 2. The zero-order valence-electron chi connectivity index (χ0n) is 17.9. The van der Waals surface area contributed by atoms with E-state index >= 15 is 0 Å². The van der Waals surface area contributed by atoms with Gasteiger partial charge in [-0.3, -0.25) is 4.79 Å². The van der Waals surface area contributed by atoms with Crippen LogP contribution in [0.25, 0.3) is 0 Å². The van der Waals surface area contributed by atoms with E-state index < -0.39 is 5.97 Å². The van der Waals surface area contributed by atoms with E-state index in [0.717, 1.165) is 28.7 Å². The van der Waals surface area contributed by atoms with Crippen molar-refractivity contribution in [3.05, 3.63) is 50.7 Å². The Bertz CT molecular complexity index is 1220. The van der Waals surface area contributed by atoms with Crippen LogP contribution in [0.4, 0.5) is 5.00 Å². The topological polar surface area (TPSA) is 127 Å². The van der Waals surface area contributed by atoms with Crippen LogP contribution in [-0.4, -0.2) is 34.4 Å². The van der Waals surface area contributed by atoms with Gasteiger partial charge in [0.2, 0.25) is 5.91 Å². The first-order valence-corrected chi connectivity index (χ1v) is 11.8. The van der Waals surface area contributed by atoms with Crippen LogP contribution in [0.3, 0.4) is 0 Å². The summed E-state index contributed by atoms with van der Waals surface area (Å²) in [7, 11) is 0. The number of thiophene rings is 1. The van der Waals surface area contributed by atoms with Gasteiger partial charge < -0.3 is 19.2 Å². The van der Waals surface area contributed by atoms with Crippen molar-refractivity contribution >= 4 is 51.6 Å². The number of esters is 1. The van der Waals surface area contributed by atoms with Gasteiger partial charge in [0.25, 0.3) is 11.1 Å². The lowest BCUT2D eigenvalue weighted by molar-refractivity contribution is -0.113. The van der Waals surface area contributed by atoms with Crippen molar-refractivity contribution in [1.29, 1.82) is 5.26 Å². The van der Waals surface area contributed by atoms with Crippen molar-refractivity contribution in [3.8, 4) is 11.8 Å². The van der Waals surface area contributed by atoms with Crippen LogP contribution in [0, 0.1) is 25.2 Å². The molecule has 12 heteroatoms. The van der Waals surface area contributed by atoms with Gasteiger partial charge in [-0.25, -0.2) is 4.79 Å². The van der Waals surface area contributed by atoms with E-state index in [-0.39, 0.29) is 46.4 Å². The lowest BCUT2D eigenvalue weighted by atomic mass is 10.2. The van der Waals surface area contributed by atoms with Gasteiger partial charge in [0.1, 0.15) is 21.7 Å². The highest BCUT2D eigenvalue weighted by atomic mass is 35.5. The predicted octanol–water partition coefficient (Wildman–Crippen LogP) is 4.76. The zero-order valence-corrected chi connectivity index (χ0v) is 20.3. The highest BCUT2D eigenvalue weighted by Crippen LogP contribution is 2.33. The Kier molecular flexibility index (Phi) is 8.32. The number of ether oxygens (including phenoxy) is 2. The lowest BCUT2D eigenvalue weighted by Crippen LogP contribution is -2.13. The van der Waals surface area contributed by atoms with Crippen molar-refractivity contribution in [1.82, 2.24) is 10.2 Å². The molecule has 3 aromatic rings. The van der Waals surface area contributed by atoms with E-state index in [2.05, 4.69) is 15.5 Å². The number of rotatable bonds is 9. The highest BCUT2D eigenvalue weighted by Gasteiger charge is 2.22. The van der Waals surface area contributed by atoms with Gasteiger partial charge in [-0.05, 0) is 50.1 Å². The number of carbonyl (C=O) groups excluding carboxylic acids is 2. The van der Waals surface area contributed by atoms with E-state index in [1.54, 1.807) is 32.0 Å². The third-order valence-electron chi connectivity index (χ3n) is 4.24. The number of hydrogen-bond acceptors (Lipinski definition) is 10. The van der Waals surface area contributed by atoms with Crippen molar-refractivity contribution in [2.45, 2.75) is 32.6 Å². The molecule has 0 fully saturated rings. The molecule has 0 spiro atoms. The fourth-order valence-electron chi connectivity index (χ4n) is 2.69. The number of carbonyl (C=O) groups is 2. The number of halogens is 1. The molecular weight excluding hydrogens is 488 g/mol. The quantitative estimate of drug-likeness (QED) is 0.322. The summed E-state index contributed by atoms with van der Waals surface area (Å²) in [6, 6.07) is 7.28. The van der Waals surface area contributed by atoms with Crippen LogP contribution in [0.1, 0.15) is 39.2 Å². The van der Waals surface area contributed by atoms with E-state index in [1.807, 2.05) is 13.0 Å². The number of aryl methyl sites for hydroxylation is 1. The molecule has 33 heavy (non-hydrogen) atoms. The molecule has 0 bridgehead atoms. The number of amides is 1. The monoisotopic (exact) mass is 506 g/mol. The van der Waals surface area contributed by atoms with Gasteiger partial charge in [0.15, 0.2) is 6.61 Å². The van der Waals surface area contributed by atoms with Crippen molar-refractivity contribution in [2.24, 2.45) is 0 Å². The Balaban J connectivity index is 1.55. The molecule has 0 aliphatic rings. The molecule has 172 valence electrons. The van der Waals surface area contributed by atoms with Gasteiger partial charge in [-0.2, -0.15) is 5.26 Å². The van der Waals surface area contributed by atoms with Crippen molar-refractivity contribution in [3.63, 3.8) is 0 Å². The minimum Gasteiger partial charge on any atom is -0.484 e. The number of benzene rings is 1. The van der Waals surface area contributed by atoms with E-state index in [9.17, 15) is 14.9 Å². The molecular formula is C21H19ClN4O5S2. The second-order valence-corrected chi connectivity index (χ2v) is 8.97. The second kappa shape index (κ2) is 11.2. The van der Waals surface area contributed by atoms with Crippen LogP contribution in [-0.2, 0) is 16.1 Å². The van der Waals surface area contributed by atoms with Crippen molar-refractivity contribution in [2.75, 3.05) is 17.7 Å². The Morgan fingerprint density at radius 2 is 2.12 bits per heavy atom. The first-order chi connectivity index (χ1) is 15.8. The summed E-state index contributed by atoms with van der Waals surface area (Å²) in [5, 5.41) is 21.0. The van der Waals surface area contributed by atoms with E-state index in [4.69, 9.17) is 25.5 Å². The third-order valence-corrected chi connectivity index (χ3v) is 6.48. The fourth-order valence-corrected chi connectivity index (χ4v) is 4.56. The standard InChI is InChI=1S/C21H19ClN4O5S2/c1-4-29-20(28)18-12(3)14(8-23)19(33-18)24-16(27)10-32-21-26-25-17(31-21)9-30-15-6-5-13(22)7-11(15)2/h5-7H,4,9-10H2,1-3H3,(H,24,27). The average Bonchev–Trinajstić information content (AvgIpc) is 3.35. The minimum atomic E-state index is -0.527. The smallest absolute Gasteiger partial charge is 0.348 e. The Morgan fingerprint density at radius 3 is 2.82 bits per heavy atom. The molecule has 1 aromatic carbocycles. The average molecular weight is 507 g/mol. The summed E-state index contributed by atoms with van der Waals surface area (Å²) in [5.74, 6) is -0.0448. The molecule has 9 nitrogen and oxygen atoms in total. The molecule has 2 heterocycles. The minimum absolute atomic E-state index is 0.0324. The van der Waals surface area contributed by atoms with Gasteiger partial charge in [-0.1, -0.05) is 23.4 Å². The van der Waals surface area contributed by atoms with Gasteiger partial charge in [0.05, 0.1) is 17.9 Å². The second-order valence-electron chi connectivity index (χ2n) is 6.59. The van der Waals surface area contributed by atoms with Gasteiger partial charge in [0, 0.05) is 5.02 Å². The number of nitriles is 1. The number of nitrogens with zero attached hydrogens (tertiary/aromatic N) is 3. The maximum Gasteiger partial charge on any atom is 0.348 e. The summed E-state index contributed by atoms with van der Waals surface area (Å²) in [5.41, 5.74) is 1.58. The number of thioether (sulfide) groups is 1. The van der Waals surface area contributed by atoms with Crippen LogP contribution in [0.15, 0.2) is 27.8 Å². The summed E-state index contributed by atoms with van der Waals surface area (Å²) in [6.45, 7) is 5.49. The Labute approximate surface area is 203 Å². The third kappa shape index (κ3) is 6.25. The summed E-state index contributed by atoms with van der Waals surface area (Å²) < 4.78 is 16.2. The Hall–Kier alpha value is -3.07. The molecule has 0 atom stereocenters. The fraction of sp³-hybridized carbons (Fsp3) is 0.286. The molecule has 0 aliphatic carbocycles. The molecule has 2 aromatic heterocycles. The summed E-state index contributed by atoms with van der Waals surface area (Å²) in [4.78, 5) is 24.7. The number of anilines is 1. The maximum absolute atomic E-state index is 12.4. The van der Waals surface area contributed by atoms with E-state index in [1.165, 1.54) is 0 Å². The predicted molar refractivity (Wildman–Crippen MR) is 124 cm³/mol. The number of hydrogen-bond donors (Lipinski definition) is 1. The Morgan fingerprint density at radius 1 is 1.33 bits per heavy atom. The molecule has 0 radical (unpaired) electrons. The molecule has 1 amide bonds. The lowest BCUT2D eigenvalue weighted by Gasteiger charge is -2.06.